The van der Waals surface area contributed by atoms with Crippen LogP contribution in [0.4, 0.5) is 10.7 Å². The van der Waals surface area contributed by atoms with Crippen LogP contribution in [0.15, 0.2) is 6.07 Å². The largest absolute Gasteiger partial charge is 0.462 e. The maximum absolute atomic E-state index is 12.9. The van der Waals surface area contributed by atoms with Gasteiger partial charge < -0.3 is 15.8 Å². The molecule has 0 spiro atoms. The van der Waals surface area contributed by atoms with Crippen LogP contribution >= 0.6 is 22.7 Å². The van der Waals surface area contributed by atoms with Crippen molar-refractivity contribution in [3.8, 4) is 6.07 Å². The number of rotatable bonds is 4. The quantitative estimate of drug-likeness (QED) is 0.608. The van der Waals surface area contributed by atoms with Gasteiger partial charge >= 0.3 is 5.97 Å². The van der Waals surface area contributed by atoms with Gasteiger partial charge in [-0.15, -0.1) is 22.7 Å². The van der Waals surface area contributed by atoms with E-state index in [1.807, 2.05) is 6.07 Å². The van der Waals surface area contributed by atoms with E-state index in [1.165, 1.54) is 16.9 Å². The van der Waals surface area contributed by atoms with Crippen molar-refractivity contribution >= 4 is 55.5 Å². The number of ether oxygens (including phenoxy) is 1. The minimum absolute atomic E-state index is 0.231. The normalized spacial score (nSPS) is 12.6. The molecular weight excluding hydrogens is 408 g/mol. The lowest BCUT2D eigenvalue weighted by Crippen LogP contribution is -2.11. The summed E-state index contributed by atoms with van der Waals surface area (Å²) in [7, 11) is 0. The van der Waals surface area contributed by atoms with Gasteiger partial charge in [0.15, 0.2) is 0 Å². The van der Waals surface area contributed by atoms with Crippen molar-refractivity contribution in [1.82, 2.24) is 4.98 Å². The fraction of sp³-hybridized carbons (Fsp3) is 0.300. The monoisotopic (exact) mass is 426 g/mol. The summed E-state index contributed by atoms with van der Waals surface area (Å²) in [5.74, 6) is -0.925. The molecule has 0 atom stereocenters. The molecule has 3 aromatic rings. The summed E-state index contributed by atoms with van der Waals surface area (Å²) in [6.07, 6.45) is 3.01. The Kier molecular flexibility index (Phi) is 4.98. The first-order chi connectivity index (χ1) is 13.9. The summed E-state index contributed by atoms with van der Waals surface area (Å²) in [6, 6.07) is 4.09. The number of nitrogen functional groups attached to an aromatic ring is 1. The number of aromatic nitrogens is 1. The number of nitriles is 1. The highest BCUT2D eigenvalue weighted by molar-refractivity contribution is 7.21. The topological polar surface area (TPSA) is 118 Å². The van der Waals surface area contributed by atoms with E-state index in [0.29, 0.717) is 26.0 Å². The average molecular weight is 427 g/mol. The number of nitrogens with two attached hydrogens (primary N) is 1. The number of aryl methyl sites for hydroxylation is 2. The molecule has 0 aromatic carbocycles. The molecule has 9 heteroatoms. The Balaban J connectivity index is 1.68. The maximum Gasteiger partial charge on any atom is 0.348 e. The summed E-state index contributed by atoms with van der Waals surface area (Å²) >= 11 is 2.27. The van der Waals surface area contributed by atoms with Crippen molar-refractivity contribution in [2.75, 3.05) is 17.7 Å². The van der Waals surface area contributed by atoms with Crippen LogP contribution < -0.4 is 11.1 Å². The lowest BCUT2D eigenvalue weighted by Gasteiger charge is -2.02. The molecule has 0 saturated heterocycles. The van der Waals surface area contributed by atoms with E-state index in [9.17, 15) is 14.9 Å². The van der Waals surface area contributed by atoms with Gasteiger partial charge in [0.25, 0.3) is 5.91 Å². The fourth-order valence-corrected chi connectivity index (χ4v) is 5.49. The number of thiophene rings is 2. The van der Waals surface area contributed by atoms with E-state index < -0.39 is 11.9 Å². The van der Waals surface area contributed by atoms with Gasteiger partial charge in [-0.1, -0.05) is 0 Å². The number of carbonyl (C=O) groups excluding carboxylic acids is 2. The molecule has 3 aromatic heterocycles. The highest BCUT2D eigenvalue weighted by atomic mass is 32.1. The fourth-order valence-electron chi connectivity index (χ4n) is 3.45. The predicted molar refractivity (Wildman–Crippen MR) is 114 cm³/mol. The van der Waals surface area contributed by atoms with E-state index in [0.717, 1.165) is 46.5 Å². The molecule has 0 bridgehead atoms. The van der Waals surface area contributed by atoms with Crippen molar-refractivity contribution in [3.63, 3.8) is 0 Å². The Morgan fingerprint density at radius 3 is 2.86 bits per heavy atom. The second-order valence-electron chi connectivity index (χ2n) is 6.69. The molecule has 148 valence electrons. The Bertz CT molecular complexity index is 1200. The van der Waals surface area contributed by atoms with Crippen molar-refractivity contribution in [2.45, 2.75) is 33.1 Å². The summed E-state index contributed by atoms with van der Waals surface area (Å²) in [6.45, 7) is 3.61. The van der Waals surface area contributed by atoms with Crippen LogP contribution in [0.3, 0.4) is 0 Å². The number of fused-ring (bicyclic) bond motifs is 2. The first-order valence-corrected chi connectivity index (χ1v) is 10.8. The Labute approximate surface area is 175 Å². The molecule has 0 fully saturated rings. The number of nitrogens with zero attached hydrogens (tertiary/aromatic N) is 2. The molecule has 7 nitrogen and oxygen atoms in total. The Morgan fingerprint density at radius 1 is 1.34 bits per heavy atom. The molecule has 3 heterocycles. The predicted octanol–water partition coefficient (Wildman–Crippen LogP) is 4.04. The minimum Gasteiger partial charge on any atom is -0.462 e. The molecule has 3 N–H and O–H groups in total. The number of carbonyl (C=O) groups is 2. The lowest BCUT2D eigenvalue weighted by atomic mass is 10.1. The van der Waals surface area contributed by atoms with E-state index >= 15 is 0 Å². The number of anilines is 2. The second kappa shape index (κ2) is 7.46. The van der Waals surface area contributed by atoms with Gasteiger partial charge in [-0.25, -0.2) is 9.78 Å². The zero-order valence-corrected chi connectivity index (χ0v) is 17.6. The van der Waals surface area contributed by atoms with Gasteiger partial charge in [-0.3, -0.25) is 4.79 Å². The maximum atomic E-state index is 12.9. The third-order valence-corrected chi connectivity index (χ3v) is 7.20. The van der Waals surface area contributed by atoms with Crippen LogP contribution in [-0.4, -0.2) is 23.5 Å². The van der Waals surface area contributed by atoms with E-state index in [-0.39, 0.29) is 12.2 Å². The van der Waals surface area contributed by atoms with Gasteiger partial charge in [-0.05, 0) is 50.3 Å². The molecule has 0 aliphatic heterocycles. The lowest BCUT2D eigenvalue weighted by molar-refractivity contribution is 0.0531. The van der Waals surface area contributed by atoms with Gasteiger partial charge in [0.05, 0.1) is 17.9 Å². The standard InChI is InChI=1S/C20H18N4O3S2/c1-3-27-20(26)15-9(2)12(8-21)19(28-15)24-17(25)16-14(22)11-7-10-5-4-6-13(10)23-18(11)29-16/h7H,3-6,22H2,1-2H3,(H,24,25). The van der Waals surface area contributed by atoms with Crippen LogP contribution in [-0.2, 0) is 17.6 Å². The van der Waals surface area contributed by atoms with Crippen molar-refractivity contribution in [3.05, 3.63) is 38.2 Å². The van der Waals surface area contributed by atoms with Crippen molar-refractivity contribution in [2.24, 2.45) is 0 Å². The average Bonchev–Trinajstić information content (AvgIpc) is 3.36. The second-order valence-corrected chi connectivity index (χ2v) is 8.71. The van der Waals surface area contributed by atoms with Crippen molar-refractivity contribution in [1.29, 1.82) is 5.26 Å². The minimum atomic E-state index is -0.507. The molecular formula is C20H18N4O3S2. The molecule has 1 aliphatic carbocycles. The van der Waals surface area contributed by atoms with Crippen LogP contribution in [0, 0.1) is 18.3 Å². The molecule has 1 amide bonds. The number of nitrogens with one attached hydrogen (secondary N) is 1. The van der Waals surface area contributed by atoms with Gasteiger partial charge in [-0.2, -0.15) is 5.26 Å². The molecule has 0 radical (unpaired) electrons. The summed E-state index contributed by atoms with van der Waals surface area (Å²) < 4.78 is 5.03. The van der Waals surface area contributed by atoms with E-state index in [4.69, 9.17) is 10.5 Å². The van der Waals surface area contributed by atoms with Gasteiger partial charge in [0, 0.05) is 11.1 Å². The molecule has 29 heavy (non-hydrogen) atoms. The summed E-state index contributed by atoms with van der Waals surface area (Å²) in [5.41, 5.74) is 9.66. The number of hydrogen-bond acceptors (Lipinski definition) is 8. The third kappa shape index (κ3) is 3.24. The van der Waals surface area contributed by atoms with E-state index in [1.54, 1.807) is 13.8 Å². The summed E-state index contributed by atoms with van der Waals surface area (Å²) in [4.78, 5) is 31.1. The molecule has 1 aliphatic rings. The van der Waals surface area contributed by atoms with Crippen LogP contribution in [0.2, 0.25) is 0 Å². The third-order valence-electron chi connectivity index (χ3n) is 4.90. The number of pyridine rings is 1. The van der Waals surface area contributed by atoms with Crippen LogP contribution in [0.25, 0.3) is 10.2 Å². The molecule has 4 rings (SSSR count). The summed E-state index contributed by atoms with van der Waals surface area (Å²) in [5, 5.41) is 13.3. The van der Waals surface area contributed by atoms with E-state index in [2.05, 4.69) is 16.4 Å². The number of amides is 1. The zero-order chi connectivity index (χ0) is 20.7. The van der Waals surface area contributed by atoms with Crippen LogP contribution in [0.1, 0.15) is 55.1 Å². The zero-order valence-electron chi connectivity index (χ0n) is 15.9. The Morgan fingerprint density at radius 2 is 2.14 bits per heavy atom. The van der Waals surface area contributed by atoms with Crippen LogP contribution in [0.5, 0.6) is 0 Å². The SMILES string of the molecule is CCOC(=O)c1sc(NC(=O)c2sc3nc4c(cc3c2N)CCC4)c(C#N)c1C. The molecule has 0 saturated carbocycles. The first-order valence-electron chi connectivity index (χ1n) is 9.17. The Hall–Kier alpha value is -2.96. The van der Waals surface area contributed by atoms with Gasteiger partial charge in [0.1, 0.15) is 25.7 Å². The van der Waals surface area contributed by atoms with Gasteiger partial charge in [0.2, 0.25) is 0 Å². The highest BCUT2D eigenvalue weighted by Crippen LogP contribution is 2.38. The molecule has 0 unspecified atom stereocenters. The highest BCUT2D eigenvalue weighted by Gasteiger charge is 2.25. The van der Waals surface area contributed by atoms with Crippen molar-refractivity contribution < 1.29 is 14.3 Å². The number of hydrogen-bond donors (Lipinski definition) is 2. The first kappa shape index (κ1) is 19.4. The smallest absolute Gasteiger partial charge is 0.348 e. The number of esters is 1.